The zero-order valence-corrected chi connectivity index (χ0v) is 12.7. The Hall–Kier alpha value is -1.08. The van der Waals surface area contributed by atoms with E-state index in [9.17, 15) is 4.79 Å². The zero-order valence-electron chi connectivity index (χ0n) is 11.9. The minimum atomic E-state index is -0.827. The van der Waals surface area contributed by atoms with E-state index >= 15 is 0 Å². The monoisotopic (exact) mass is 298 g/mol. The van der Waals surface area contributed by atoms with Crippen LogP contribution in [0.4, 0.5) is 0 Å². The summed E-state index contributed by atoms with van der Waals surface area (Å²) in [4.78, 5) is 13.1. The summed E-state index contributed by atoms with van der Waals surface area (Å²) in [7, 11) is 0. The van der Waals surface area contributed by atoms with Gasteiger partial charge in [0.05, 0.1) is 5.75 Å². The third kappa shape index (κ3) is 4.49. The van der Waals surface area contributed by atoms with Crippen LogP contribution in [0.25, 0.3) is 0 Å². The molecule has 0 spiro atoms. The van der Waals surface area contributed by atoms with Gasteiger partial charge in [-0.3, -0.25) is 4.79 Å². The first-order valence-corrected chi connectivity index (χ1v) is 8.12. The minimum Gasteiger partial charge on any atom is -0.481 e. The summed E-state index contributed by atoms with van der Waals surface area (Å²) in [5.41, 5.74) is 0. The van der Waals surface area contributed by atoms with Crippen molar-refractivity contribution in [3.8, 4) is 0 Å². The highest BCUT2D eigenvalue weighted by Crippen LogP contribution is 2.18. The van der Waals surface area contributed by atoms with Gasteiger partial charge in [0.2, 0.25) is 0 Å². The fourth-order valence-electron chi connectivity index (χ4n) is 2.57. The van der Waals surface area contributed by atoms with Crippen molar-refractivity contribution in [2.75, 3.05) is 18.8 Å². The number of hydrogen-bond donors (Lipinski definition) is 1. The molecule has 6 nitrogen and oxygen atoms in total. The Morgan fingerprint density at radius 2 is 2.35 bits per heavy atom. The summed E-state index contributed by atoms with van der Waals surface area (Å²) in [6, 6.07) is 0.686. The van der Waals surface area contributed by atoms with Crippen molar-refractivity contribution in [1.29, 1.82) is 0 Å². The molecular weight excluding hydrogens is 276 g/mol. The van der Waals surface area contributed by atoms with E-state index in [4.69, 9.17) is 5.11 Å². The number of likely N-dealkylation sites (tertiary alicyclic amines) is 1. The lowest BCUT2D eigenvalue weighted by atomic mass is 10.0. The lowest BCUT2D eigenvalue weighted by Crippen LogP contribution is -2.38. The van der Waals surface area contributed by atoms with Gasteiger partial charge in [0.25, 0.3) is 0 Å². The van der Waals surface area contributed by atoms with E-state index < -0.39 is 5.97 Å². The predicted octanol–water partition coefficient (Wildman–Crippen LogP) is 1.72. The van der Waals surface area contributed by atoms with Gasteiger partial charge in [-0.1, -0.05) is 18.2 Å². The molecule has 0 bridgehead atoms. The average Bonchev–Trinajstić information content (AvgIpc) is 2.86. The Morgan fingerprint density at radius 3 is 3.10 bits per heavy atom. The maximum atomic E-state index is 10.6. The molecule has 1 N–H and O–H groups in total. The van der Waals surface area contributed by atoms with Gasteiger partial charge in [-0.15, -0.1) is 10.2 Å². The molecule has 1 atom stereocenters. The summed E-state index contributed by atoms with van der Waals surface area (Å²) >= 11 is 1.22. The predicted molar refractivity (Wildman–Crippen MR) is 77.9 cm³/mol. The van der Waals surface area contributed by atoms with E-state index in [-0.39, 0.29) is 5.75 Å². The number of rotatable bonds is 7. The van der Waals surface area contributed by atoms with Crippen molar-refractivity contribution >= 4 is 17.7 Å². The van der Waals surface area contributed by atoms with Crippen LogP contribution in [0.2, 0.25) is 0 Å². The van der Waals surface area contributed by atoms with Gasteiger partial charge in [-0.25, -0.2) is 0 Å². The lowest BCUT2D eigenvalue weighted by Gasteiger charge is -2.33. The first-order valence-electron chi connectivity index (χ1n) is 7.13. The minimum absolute atomic E-state index is 0.0296. The Morgan fingerprint density at radius 1 is 1.50 bits per heavy atom. The van der Waals surface area contributed by atoms with Gasteiger partial charge >= 0.3 is 5.97 Å². The van der Waals surface area contributed by atoms with Crippen LogP contribution in [0.3, 0.4) is 0 Å². The van der Waals surface area contributed by atoms with Crippen molar-refractivity contribution in [2.45, 2.75) is 50.4 Å². The quantitative estimate of drug-likeness (QED) is 0.773. The van der Waals surface area contributed by atoms with Crippen molar-refractivity contribution in [1.82, 2.24) is 19.7 Å². The van der Waals surface area contributed by atoms with Gasteiger partial charge in [-0.2, -0.15) is 0 Å². The molecule has 0 radical (unpaired) electrons. The molecule has 1 unspecified atom stereocenters. The summed E-state index contributed by atoms with van der Waals surface area (Å²) in [6.07, 6.45) is 6.68. The molecule has 0 saturated carbocycles. The number of aliphatic carboxylic acids is 1. The van der Waals surface area contributed by atoms with Crippen LogP contribution in [-0.4, -0.2) is 55.6 Å². The van der Waals surface area contributed by atoms with E-state index in [2.05, 4.69) is 22.0 Å². The molecule has 112 valence electrons. The van der Waals surface area contributed by atoms with E-state index in [0.717, 1.165) is 19.5 Å². The number of carboxylic acids is 1. The topological polar surface area (TPSA) is 71.2 Å². The van der Waals surface area contributed by atoms with Crippen LogP contribution < -0.4 is 0 Å². The van der Waals surface area contributed by atoms with Crippen LogP contribution in [0, 0.1) is 0 Å². The Balaban J connectivity index is 1.76. The highest BCUT2D eigenvalue weighted by atomic mass is 32.2. The van der Waals surface area contributed by atoms with Gasteiger partial charge in [-0.05, 0) is 32.7 Å². The van der Waals surface area contributed by atoms with E-state index in [0.29, 0.717) is 11.2 Å². The van der Waals surface area contributed by atoms with Gasteiger partial charge in [0, 0.05) is 19.1 Å². The van der Waals surface area contributed by atoms with E-state index in [1.54, 1.807) is 6.33 Å². The number of nitrogens with zero attached hydrogens (tertiary/aromatic N) is 4. The highest BCUT2D eigenvalue weighted by molar-refractivity contribution is 7.99. The van der Waals surface area contributed by atoms with Crippen molar-refractivity contribution < 1.29 is 9.90 Å². The molecule has 1 aliphatic heterocycles. The molecule has 0 aromatic carbocycles. The standard InChI is InChI=1S/C13H22N4O2S/c1-11-5-2-3-6-16(11)7-4-8-17-10-14-15-13(17)20-9-12(18)19/h10-11H,2-9H2,1H3,(H,18,19). The molecule has 1 aromatic rings. The third-order valence-corrected chi connectivity index (χ3v) is 4.66. The normalized spacial score (nSPS) is 20.1. The summed E-state index contributed by atoms with van der Waals surface area (Å²) < 4.78 is 1.95. The molecule has 2 rings (SSSR count). The molecule has 1 saturated heterocycles. The largest absolute Gasteiger partial charge is 0.481 e. The zero-order chi connectivity index (χ0) is 14.4. The summed E-state index contributed by atoms with van der Waals surface area (Å²) in [5, 5.41) is 17.2. The van der Waals surface area contributed by atoms with E-state index in [1.807, 2.05) is 4.57 Å². The van der Waals surface area contributed by atoms with Crippen LogP contribution >= 0.6 is 11.8 Å². The maximum absolute atomic E-state index is 10.6. The molecule has 0 amide bonds. The van der Waals surface area contributed by atoms with E-state index in [1.165, 1.54) is 37.6 Å². The molecular formula is C13H22N4O2S. The fourth-order valence-corrected chi connectivity index (χ4v) is 3.23. The van der Waals surface area contributed by atoms with Gasteiger partial charge in [0.1, 0.15) is 6.33 Å². The first kappa shape index (κ1) is 15.3. The summed E-state index contributed by atoms with van der Waals surface area (Å²) in [5.74, 6) is -0.798. The van der Waals surface area contributed by atoms with Crippen molar-refractivity contribution in [3.05, 3.63) is 6.33 Å². The number of carboxylic acid groups (broad SMARTS) is 1. The second-order valence-electron chi connectivity index (χ2n) is 5.22. The number of carbonyl (C=O) groups is 1. The number of thioether (sulfide) groups is 1. The Labute approximate surface area is 123 Å². The SMILES string of the molecule is CC1CCCCN1CCCn1cnnc1SCC(=O)O. The number of hydrogen-bond acceptors (Lipinski definition) is 5. The second-order valence-corrected chi connectivity index (χ2v) is 6.17. The molecule has 0 aliphatic carbocycles. The number of aromatic nitrogens is 3. The summed E-state index contributed by atoms with van der Waals surface area (Å²) in [6.45, 7) is 5.43. The fraction of sp³-hybridized carbons (Fsp3) is 0.769. The van der Waals surface area contributed by atoms with Crippen LogP contribution in [0.5, 0.6) is 0 Å². The molecule has 1 fully saturated rings. The Bertz CT molecular complexity index is 438. The Kier molecular flexibility index (Phi) is 5.85. The smallest absolute Gasteiger partial charge is 0.313 e. The number of piperidine rings is 1. The molecule has 1 aliphatic rings. The van der Waals surface area contributed by atoms with Crippen molar-refractivity contribution in [2.24, 2.45) is 0 Å². The maximum Gasteiger partial charge on any atom is 0.313 e. The molecule has 1 aromatic heterocycles. The molecule has 7 heteroatoms. The molecule has 20 heavy (non-hydrogen) atoms. The second kappa shape index (κ2) is 7.64. The first-order chi connectivity index (χ1) is 9.66. The van der Waals surface area contributed by atoms with Crippen LogP contribution in [0.15, 0.2) is 11.5 Å². The third-order valence-electron chi connectivity index (χ3n) is 3.69. The highest BCUT2D eigenvalue weighted by Gasteiger charge is 2.17. The average molecular weight is 298 g/mol. The van der Waals surface area contributed by atoms with Crippen LogP contribution in [-0.2, 0) is 11.3 Å². The van der Waals surface area contributed by atoms with Crippen molar-refractivity contribution in [3.63, 3.8) is 0 Å². The number of aryl methyl sites for hydroxylation is 1. The van der Waals surface area contributed by atoms with Crippen LogP contribution in [0.1, 0.15) is 32.6 Å². The lowest BCUT2D eigenvalue weighted by molar-refractivity contribution is -0.133. The molecule has 2 heterocycles. The van der Waals surface area contributed by atoms with Gasteiger partial charge in [0.15, 0.2) is 5.16 Å². The van der Waals surface area contributed by atoms with Gasteiger partial charge < -0.3 is 14.6 Å².